The molecule has 0 atom stereocenters. The number of aromatic nitrogens is 3. The van der Waals surface area contributed by atoms with Gasteiger partial charge in [-0.2, -0.15) is 0 Å². The number of pyridine rings is 1. The minimum Gasteiger partial charge on any atom is -0.497 e. The van der Waals surface area contributed by atoms with Crippen LogP contribution in [-0.2, 0) is 11.3 Å². The Balaban J connectivity index is 1.64. The summed E-state index contributed by atoms with van der Waals surface area (Å²) >= 11 is 0. The maximum atomic E-state index is 12.0. The van der Waals surface area contributed by atoms with Gasteiger partial charge in [-0.3, -0.25) is 4.98 Å². The minimum atomic E-state index is -0.428. The lowest BCUT2D eigenvalue weighted by molar-refractivity contribution is 0.185. The van der Waals surface area contributed by atoms with Gasteiger partial charge in [0.1, 0.15) is 17.2 Å². The number of nitrogens with one attached hydrogen (secondary N) is 1. The number of fused-ring (bicyclic) bond motifs is 2. The molecule has 33 heavy (non-hydrogen) atoms. The van der Waals surface area contributed by atoms with E-state index in [-0.39, 0.29) is 0 Å². The summed E-state index contributed by atoms with van der Waals surface area (Å²) < 4.78 is 16.0. The van der Waals surface area contributed by atoms with E-state index in [0.717, 1.165) is 27.4 Å². The van der Waals surface area contributed by atoms with Crippen molar-refractivity contribution < 1.29 is 13.9 Å². The normalized spacial score (nSPS) is 11.1. The fourth-order valence-corrected chi connectivity index (χ4v) is 3.67. The largest absolute Gasteiger partial charge is 0.497 e. The molecular formula is C25H20N4O4. The predicted molar refractivity (Wildman–Crippen MR) is 126 cm³/mol. The van der Waals surface area contributed by atoms with Crippen LogP contribution in [0.25, 0.3) is 33.3 Å². The minimum absolute atomic E-state index is 0.319. The van der Waals surface area contributed by atoms with Gasteiger partial charge < -0.3 is 19.2 Å². The molecule has 3 aromatic heterocycles. The second-order valence-corrected chi connectivity index (χ2v) is 7.38. The van der Waals surface area contributed by atoms with Crippen LogP contribution in [0.15, 0.2) is 76.2 Å². The van der Waals surface area contributed by atoms with Crippen molar-refractivity contribution in [3.63, 3.8) is 0 Å². The van der Waals surface area contributed by atoms with Crippen LogP contribution in [0, 0.1) is 0 Å². The van der Waals surface area contributed by atoms with Crippen molar-refractivity contribution in [2.24, 2.45) is 0 Å². The molecule has 0 saturated carbocycles. The number of rotatable bonds is 6. The van der Waals surface area contributed by atoms with Crippen LogP contribution >= 0.6 is 0 Å². The topological polar surface area (TPSA) is 99.4 Å². The third-order valence-electron chi connectivity index (χ3n) is 5.22. The Morgan fingerprint density at radius 3 is 2.70 bits per heavy atom. The van der Waals surface area contributed by atoms with Gasteiger partial charge in [0.05, 0.1) is 19.2 Å². The lowest BCUT2D eigenvalue weighted by Gasteiger charge is -2.13. The monoisotopic (exact) mass is 440 g/mol. The second kappa shape index (κ2) is 8.68. The molecule has 0 amide bonds. The number of methoxy groups -OCH3 is 2. The van der Waals surface area contributed by atoms with Gasteiger partial charge >= 0.3 is 5.63 Å². The summed E-state index contributed by atoms with van der Waals surface area (Å²) in [5, 5.41) is 4.95. The van der Waals surface area contributed by atoms with Crippen LogP contribution in [-0.4, -0.2) is 29.2 Å². The van der Waals surface area contributed by atoms with Crippen molar-refractivity contribution in [3.8, 4) is 17.1 Å². The van der Waals surface area contributed by atoms with Crippen LogP contribution in [0.2, 0.25) is 0 Å². The summed E-state index contributed by atoms with van der Waals surface area (Å²) in [7, 11) is 3.20. The van der Waals surface area contributed by atoms with Gasteiger partial charge in [0, 0.05) is 53.7 Å². The van der Waals surface area contributed by atoms with E-state index in [1.807, 2.05) is 42.5 Å². The molecule has 0 saturated heterocycles. The molecule has 0 bridgehead atoms. The zero-order valence-corrected chi connectivity index (χ0v) is 18.0. The SMILES string of the molecule is COCc1cc(=O)oc2cc(Nc3nc(-c4cccnc4)nc4ccc(OC)cc34)ccc12. The molecule has 8 heteroatoms. The number of hydrogen-bond donors (Lipinski definition) is 1. The Bertz CT molecular complexity index is 1520. The maximum absolute atomic E-state index is 12.0. The second-order valence-electron chi connectivity index (χ2n) is 7.38. The molecule has 0 radical (unpaired) electrons. The fourth-order valence-electron chi connectivity index (χ4n) is 3.67. The Kier molecular flexibility index (Phi) is 5.42. The molecule has 3 heterocycles. The number of ether oxygens (including phenoxy) is 2. The standard InChI is InChI=1S/C25H20N4O4/c1-31-14-16-10-23(30)33-22-11-17(5-7-19(16)22)27-25-20-12-18(32-2)6-8-21(20)28-24(29-25)15-4-3-9-26-13-15/h3-13H,14H2,1-2H3,(H,27,28,29). The van der Waals surface area contributed by atoms with Gasteiger partial charge in [0.15, 0.2) is 5.82 Å². The van der Waals surface area contributed by atoms with Gasteiger partial charge in [-0.25, -0.2) is 14.8 Å². The summed E-state index contributed by atoms with van der Waals surface area (Å²) in [6.45, 7) is 0.319. The number of nitrogens with zero attached hydrogens (tertiary/aromatic N) is 3. The molecule has 0 aliphatic rings. The maximum Gasteiger partial charge on any atom is 0.336 e. The van der Waals surface area contributed by atoms with Crippen LogP contribution in [0.4, 0.5) is 11.5 Å². The van der Waals surface area contributed by atoms with E-state index in [9.17, 15) is 4.79 Å². The first-order valence-corrected chi connectivity index (χ1v) is 10.2. The van der Waals surface area contributed by atoms with Crippen molar-refractivity contribution in [2.45, 2.75) is 6.61 Å². The van der Waals surface area contributed by atoms with Crippen LogP contribution < -0.4 is 15.7 Å². The molecule has 164 valence electrons. The van der Waals surface area contributed by atoms with Gasteiger partial charge in [0.25, 0.3) is 0 Å². The molecule has 5 rings (SSSR count). The lowest BCUT2D eigenvalue weighted by Crippen LogP contribution is -2.03. The van der Waals surface area contributed by atoms with E-state index in [1.165, 1.54) is 6.07 Å². The quantitative estimate of drug-likeness (QED) is 0.380. The highest BCUT2D eigenvalue weighted by atomic mass is 16.5. The Morgan fingerprint density at radius 1 is 1.00 bits per heavy atom. The summed E-state index contributed by atoms with van der Waals surface area (Å²) in [4.78, 5) is 25.6. The van der Waals surface area contributed by atoms with Crippen molar-refractivity contribution in [2.75, 3.05) is 19.5 Å². The molecule has 5 aromatic rings. The smallest absolute Gasteiger partial charge is 0.336 e. The molecule has 0 aliphatic carbocycles. The Morgan fingerprint density at radius 2 is 1.91 bits per heavy atom. The predicted octanol–water partition coefficient (Wildman–Crippen LogP) is 4.70. The highest BCUT2D eigenvalue weighted by molar-refractivity contribution is 5.94. The highest BCUT2D eigenvalue weighted by Crippen LogP contribution is 2.31. The van der Waals surface area contributed by atoms with Gasteiger partial charge in [-0.1, -0.05) is 0 Å². The van der Waals surface area contributed by atoms with Gasteiger partial charge in [-0.05, 0) is 48.0 Å². The van der Waals surface area contributed by atoms with Crippen molar-refractivity contribution >= 4 is 33.4 Å². The third-order valence-corrected chi connectivity index (χ3v) is 5.22. The van der Waals surface area contributed by atoms with Crippen LogP contribution in [0.3, 0.4) is 0 Å². The van der Waals surface area contributed by atoms with E-state index in [0.29, 0.717) is 35.3 Å². The van der Waals surface area contributed by atoms with Crippen molar-refractivity contribution in [3.05, 3.63) is 83.0 Å². The van der Waals surface area contributed by atoms with Crippen molar-refractivity contribution in [1.82, 2.24) is 15.0 Å². The number of anilines is 2. The van der Waals surface area contributed by atoms with E-state index < -0.39 is 5.63 Å². The summed E-state index contributed by atoms with van der Waals surface area (Å²) in [5.41, 5.74) is 3.06. The molecule has 8 nitrogen and oxygen atoms in total. The van der Waals surface area contributed by atoms with Crippen LogP contribution in [0.1, 0.15) is 5.56 Å². The third kappa shape index (κ3) is 4.11. The average Bonchev–Trinajstić information content (AvgIpc) is 2.84. The molecule has 1 N–H and O–H groups in total. The summed E-state index contributed by atoms with van der Waals surface area (Å²) in [6.07, 6.45) is 3.42. The van der Waals surface area contributed by atoms with E-state index >= 15 is 0 Å². The molecular weight excluding hydrogens is 420 g/mol. The molecule has 0 spiro atoms. The molecule has 0 unspecified atom stereocenters. The number of hydrogen-bond acceptors (Lipinski definition) is 8. The lowest BCUT2D eigenvalue weighted by atomic mass is 10.1. The first kappa shape index (κ1) is 20.6. The first-order valence-electron chi connectivity index (χ1n) is 10.2. The average molecular weight is 440 g/mol. The Labute approximate surface area is 188 Å². The Hall–Kier alpha value is -4.30. The highest BCUT2D eigenvalue weighted by Gasteiger charge is 2.13. The van der Waals surface area contributed by atoms with E-state index in [2.05, 4.69) is 10.3 Å². The summed E-state index contributed by atoms with van der Waals surface area (Å²) in [5.74, 6) is 1.82. The van der Waals surface area contributed by atoms with E-state index in [1.54, 1.807) is 32.7 Å². The van der Waals surface area contributed by atoms with Crippen molar-refractivity contribution in [1.29, 1.82) is 0 Å². The molecule has 2 aromatic carbocycles. The zero-order chi connectivity index (χ0) is 22.8. The van der Waals surface area contributed by atoms with E-state index in [4.69, 9.17) is 23.9 Å². The van der Waals surface area contributed by atoms with Gasteiger partial charge in [0.2, 0.25) is 0 Å². The fraction of sp³-hybridized carbons (Fsp3) is 0.120. The zero-order valence-electron chi connectivity index (χ0n) is 18.0. The van der Waals surface area contributed by atoms with Gasteiger partial charge in [-0.15, -0.1) is 0 Å². The number of benzene rings is 2. The molecule has 0 fully saturated rings. The first-order chi connectivity index (χ1) is 16.1. The van der Waals surface area contributed by atoms with Crippen LogP contribution in [0.5, 0.6) is 5.75 Å². The molecule has 0 aliphatic heterocycles. The summed E-state index contributed by atoms with van der Waals surface area (Å²) in [6, 6.07) is 16.4.